The Labute approximate surface area is 270 Å². The molecular formula is C34H41F4N7O2. The first-order valence-electron chi connectivity index (χ1n) is 15.8. The second kappa shape index (κ2) is 14.8. The van der Waals surface area contributed by atoms with Gasteiger partial charge in [-0.2, -0.15) is 18.2 Å². The van der Waals surface area contributed by atoms with Crippen LogP contribution in [0.3, 0.4) is 0 Å². The number of aromatic amines is 1. The van der Waals surface area contributed by atoms with Crippen molar-refractivity contribution in [3.05, 3.63) is 81.7 Å². The number of alkyl halides is 3. The van der Waals surface area contributed by atoms with Gasteiger partial charge in [0.25, 0.3) is 0 Å². The lowest BCUT2D eigenvalue weighted by Gasteiger charge is -2.31. The van der Waals surface area contributed by atoms with E-state index in [1.54, 1.807) is 13.1 Å². The van der Waals surface area contributed by atoms with Gasteiger partial charge in [0.15, 0.2) is 0 Å². The molecule has 1 aliphatic heterocycles. The fourth-order valence-electron chi connectivity index (χ4n) is 6.23. The van der Waals surface area contributed by atoms with E-state index in [2.05, 4.69) is 20.6 Å². The average Bonchev–Trinajstić information content (AvgIpc) is 3.43. The highest BCUT2D eigenvalue weighted by molar-refractivity contribution is 5.83. The lowest BCUT2D eigenvalue weighted by atomic mass is 9.92. The van der Waals surface area contributed by atoms with Crippen molar-refractivity contribution in [1.82, 2.24) is 25.2 Å². The van der Waals surface area contributed by atoms with E-state index in [1.807, 2.05) is 24.3 Å². The normalized spacial score (nSPS) is 17.6. The number of nitrogens with zero attached hydrogens (tertiary/aromatic N) is 2. The lowest BCUT2D eigenvalue weighted by Crippen LogP contribution is -2.39. The number of H-pyrrole nitrogens is 1. The van der Waals surface area contributed by atoms with Crippen LogP contribution in [0.2, 0.25) is 0 Å². The molecule has 0 saturated carbocycles. The van der Waals surface area contributed by atoms with Crippen molar-refractivity contribution in [2.24, 2.45) is 5.73 Å². The topological polar surface area (TPSA) is 134 Å². The molecule has 252 valence electrons. The molecule has 0 unspecified atom stereocenters. The minimum absolute atomic E-state index is 0.0878. The number of ether oxygens (including phenoxy) is 1. The molecule has 0 spiro atoms. The van der Waals surface area contributed by atoms with Crippen molar-refractivity contribution in [3.63, 3.8) is 0 Å². The largest absolute Gasteiger partial charge is 0.419 e. The summed E-state index contributed by atoms with van der Waals surface area (Å²) in [6.45, 7) is 2.80. The molecule has 9 nitrogen and oxygen atoms in total. The number of nitrogens with one attached hydrogen (secondary N) is 4. The molecular weight excluding hydrogens is 614 g/mol. The van der Waals surface area contributed by atoms with Gasteiger partial charge in [-0.3, -0.25) is 9.98 Å². The molecule has 0 bridgehead atoms. The van der Waals surface area contributed by atoms with E-state index in [9.17, 15) is 18.0 Å². The lowest BCUT2D eigenvalue weighted by molar-refractivity contribution is -0.140. The summed E-state index contributed by atoms with van der Waals surface area (Å²) in [6.07, 6.45) is 2.02. The molecule has 3 atom stereocenters. The van der Waals surface area contributed by atoms with Crippen LogP contribution in [-0.2, 0) is 17.3 Å². The number of methoxy groups -OCH3 is 1. The molecule has 1 aliphatic rings. The predicted molar refractivity (Wildman–Crippen MR) is 174 cm³/mol. The van der Waals surface area contributed by atoms with Crippen LogP contribution in [0, 0.1) is 11.2 Å². The van der Waals surface area contributed by atoms with Crippen LogP contribution in [0.15, 0.2) is 53.5 Å². The van der Waals surface area contributed by atoms with Crippen molar-refractivity contribution in [2.45, 2.75) is 76.2 Å². The van der Waals surface area contributed by atoms with E-state index in [-0.39, 0.29) is 35.4 Å². The summed E-state index contributed by atoms with van der Waals surface area (Å²) in [5, 5.41) is 14.7. The maximum absolute atomic E-state index is 15.4. The summed E-state index contributed by atoms with van der Waals surface area (Å²) >= 11 is 0. The van der Waals surface area contributed by atoms with Gasteiger partial charge in [0.2, 0.25) is 0 Å². The van der Waals surface area contributed by atoms with Gasteiger partial charge in [-0.05, 0) is 86.9 Å². The first-order valence-corrected chi connectivity index (χ1v) is 15.8. The molecule has 0 amide bonds. The molecule has 13 heteroatoms. The monoisotopic (exact) mass is 655 g/mol. The standard InChI is InChI=1S/C34H41F4N7O2/c1-20(39)41-14-13-25-7-4-8-29(42-25)22-9-11-26(12-10-22)45-18-23-17-30(43-32(23)44-33(45)46)27-15-21(5-3-6-24(40)19-47-2)16-28(31(27)35)34(36,37)38/h9-12,15-18,24-25,29,42H,3-8,13-14,19,40H2,1-2H3,(H2,39,41)(H,43,44,46)/t24-,25+,29+/m1/s1. The third-order valence-corrected chi connectivity index (χ3v) is 8.60. The van der Waals surface area contributed by atoms with Crippen molar-refractivity contribution >= 4 is 16.9 Å². The Bertz CT molecular complexity index is 1750. The number of aryl methyl sites for hydroxylation is 1. The minimum atomic E-state index is -4.89. The number of rotatable bonds is 12. The molecule has 4 aromatic rings. The molecule has 47 heavy (non-hydrogen) atoms. The van der Waals surface area contributed by atoms with Crippen LogP contribution >= 0.6 is 0 Å². The van der Waals surface area contributed by atoms with Crippen LogP contribution in [-0.4, -0.2) is 52.7 Å². The molecule has 2 aromatic heterocycles. The van der Waals surface area contributed by atoms with Crippen LogP contribution < -0.4 is 22.1 Å². The zero-order valence-corrected chi connectivity index (χ0v) is 26.5. The highest BCUT2D eigenvalue weighted by atomic mass is 19.4. The van der Waals surface area contributed by atoms with Crippen LogP contribution in [0.5, 0.6) is 0 Å². The second-order valence-electron chi connectivity index (χ2n) is 12.3. The Morgan fingerprint density at radius 2 is 1.98 bits per heavy atom. The highest BCUT2D eigenvalue weighted by Gasteiger charge is 2.36. The second-order valence-corrected chi connectivity index (χ2v) is 12.3. The van der Waals surface area contributed by atoms with Gasteiger partial charge in [0.1, 0.15) is 11.5 Å². The summed E-state index contributed by atoms with van der Waals surface area (Å²) in [5.41, 5.74) is 6.00. The summed E-state index contributed by atoms with van der Waals surface area (Å²) in [7, 11) is 1.53. The number of benzene rings is 2. The smallest absolute Gasteiger partial charge is 0.383 e. The van der Waals surface area contributed by atoms with Gasteiger partial charge in [-0.15, -0.1) is 0 Å². The minimum Gasteiger partial charge on any atom is -0.383 e. The highest BCUT2D eigenvalue weighted by Crippen LogP contribution is 2.37. The predicted octanol–water partition coefficient (Wildman–Crippen LogP) is 6.00. The molecule has 1 saturated heterocycles. The van der Waals surface area contributed by atoms with Crippen molar-refractivity contribution < 1.29 is 22.3 Å². The zero-order chi connectivity index (χ0) is 33.7. The Kier molecular flexibility index (Phi) is 10.8. The van der Waals surface area contributed by atoms with Gasteiger partial charge in [0.05, 0.1) is 29.4 Å². The summed E-state index contributed by atoms with van der Waals surface area (Å²) in [6, 6.07) is 11.6. The van der Waals surface area contributed by atoms with Gasteiger partial charge < -0.3 is 26.1 Å². The quantitative estimate of drug-likeness (QED) is 0.0723. The van der Waals surface area contributed by atoms with E-state index < -0.39 is 23.2 Å². The van der Waals surface area contributed by atoms with Gasteiger partial charge >= 0.3 is 11.9 Å². The summed E-state index contributed by atoms with van der Waals surface area (Å²) < 4.78 is 63.3. The fourth-order valence-corrected chi connectivity index (χ4v) is 6.23. The van der Waals surface area contributed by atoms with E-state index in [0.717, 1.165) is 43.9 Å². The number of halogens is 4. The molecule has 6 N–H and O–H groups in total. The molecule has 2 aromatic carbocycles. The summed E-state index contributed by atoms with van der Waals surface area (Å²) in [5.74, 6) is -0.941. The molecule has 1 fully saturated rings. The average molecular weight is 656 g/mol. The molecule has 5 rings (SSSR count). The van der Waals surface area contributed by atoms with Crippen LogP contribution in [0.4, 0.5) is 17.6 Å². The zero-order valence-electron chi connectivity index (χ0n) is 26.5. The number of hydrogen-bond acceptors (Lipinski definition) is 6. The van der Waals surface area contributed by atoms with E-state index >= 15 is 4.39 Å². The fraction of sp³-hybridized carbons (Fsp3) is 0.441. The maximum Gasteiger partial charge on any atom is 0.419 e. The third-order valence-electron chi connectivity index (χ3n) is 8.60. The maximum atomic E-state index is 15.4. The third kappa shape index (κ3) is 8.45. The Balaban J connectivity index is 1.38. The van der Waals surface area contributed by atoms with Crippen LogP contribution in [0.1, 0.15) is 68.2 Å². The number of amidine groups is 1. The van der Waals surface area contributed by atoms with Crippen molar-refractivity contribution in [1.29, 1.82) is 5.41 Å². The first-order chi connectivity index (χ1) is 22.4. The first kappa shape index (κ1) is 34.3. The van der Waals surface area contributed by atoms with E-state index in [1.165, 1.54) is 23.8 Å². The number of hydrogen-bond donors (Lipinski definition) is 5. The molecule has 3 heterocycles. The van der Waals surface area contributed by atoms with Crippen molar-refractivity contribution in [2.75, 3.05) is 20.3 Å². The molecule has 0 radical (unpaired) electrons. The van der Waals surface area contributed by atoms with Gasteiger partial charge in [-0.1, -0.05) is 18.6 Å². The summed E-state index contributed by atoms with van der Waals surface area (Å²) in [4.78, 5) is 20.0. The van der Waals surface area contributed by atoms with Crippen molar-refractivity contribution in [3.8, 4) is 16.9 Å². The number of fused-ring (bicyclic) bond motifs is 1. The van der Waals surface area contributed by atoms with E-state index in [4.69, 9.17) is 15.9 Å². The van der Waals surface area contributed by atoms with Gasteiger partial charge in [-0.25, -0.2) is 9.18 Å². The Morgan fingerprint density at radius 3 is 2.68 bits per heavy atom. The Hall–Kier alpha value is -4.07. The number of piperidine rings is 1. The molecule has 0 aliphatic carbocycles. The Morgan fingerprint density at radius 1 is 1.21 bits per heavy atom. The SMILES string of the molecule is COC[C@H](N)CCCc1cc(-c2cc3cn(-c4ccc([C@@H]5CCC[C@@H](CCNC(C)=N)N5)cc4)c(=O)nc3[nH]2)c(F)c(C(F)(F)F)c1. The van der Waals surface area contributed by atoms with E-state index in [0.29, 0.717) is 48.0 Å². The number of aromatic nitrogens is 3. The van der Waals surface area contributed by atoms with Gasteiger partial charge in [0, 0.05) is 48.9 Å². The number of nitrogens with two attached hydrogens (primary N) is 1. The van der Waals surface area contributed by atoms with Crippen LogP contribution in [0.25, 0.3) is 28.0 Å².